The maximum Gasteiger partial charge on any atom is 0.142 e. The molecule has 1 heterocycles. The Bertz CT molecular complexity index is 600. The minimum absolute atomic E-state index is 0.898. The number of methoxy groups -OCH3 is 1. The van der Waals surface area contributed by atoms with E-state index < -0.39 is 0 Å². The molecule has 1 aliphatic rings. The van der Waals surface area contributed by atoms with Crippen LogP contribution in [0.1, 0.15) is 0 Å². The van der Waals surface area contributed by atoms with Gasteiger partial charge in [-0.2, -0.15) is 0 Å². The lowest BCUT2D eigenvalue weighted by atomic mass is 10.1. The van der Waals surface area contributed by atoms with Gasteiger partial charge in [0.25, 0.3) is 0 Å². The average molecular weight is 319 g/mol. The van der Waals surface area contributed by atoms with Gasteiger partial charge in [-0.25, -0.2) is 0 Å². The van der Waals surface area contributed by atoms with Crippen LogP contribution in [0.15, 0.2) is 46.9 Å². The van der Waals surface area contributed by atoms with Crippen molar-refractivity contribution in [3.05, 3.63) is 46.9 Å². The smallest absolute Gasteiger partial charge is 0.142 e. The number of halogens is 1. The Morgan fingerprint density at radius 1 is 1.16 bits per heavy atom. The number of fused-ring (bicyclic) bond motifs is 1. The predicted molar refractivity (Wildman–Crippen MR) is 82.6 cm³/mol. The predicted octanol–water partition coefficient (Wildman–Crippen LogP) is 4.02. The first-order valence-electron chi connectivity index (χ1n) is 6.23. The van der Waals surface area contributed by atoms with Crippen molar-refractivity contribution < 1.29 is 4.74 Å². The molecule has 0 bridgehead atoms. The Morgan fingerprint density at radius 2 is 2.00 bits per heavy atom. The van der Waals surface area contributed by atoms with Crippen molar-refractivity contribution in [2.45, 2.75) is 0 Å². The first-order valence-corrected chi connectivity index (χ1v) is 7.03. The van der Waals surface area contributed by atoms with Crippen LogP contribution < -0.4 is 15.0 Å². The summed E-state index contributed by atoms with van der Waals surface area (Å²) in [6, 6.07) is 14.4. The third-order valence-electron chi connectivity index (χ3n) is 3.28. The fourth-order valence-electron chi connectivity index (χ4n) is 2.40. The lowest BCUT2D eigenvalue weighted by molar-refractivity contribution is 0.415. The van der Waals surface area contributed by atoms with Gasteiger partial charge in [-0.1, -0.05) is 28.1 Å². The maximum absolute atomic E-state index is 5.47. The van der Waals surface area contributed by atoms with Gasteiger partial charge in [0.2, 0.25) is 0 Å². The molecule has 0 fully saturated rings. The Balaban J connectivity index is 2.10. The second-order valence-corrected chi connectivity index (χ2v) is 5.33. The van der Waals surface area contributed by atoms with Crippen molar-refractivity contribution >= 4 is 33.0 Å². The SMILES string of the molecule is COc1ccccc1N1CCNc2ccc(Br)cc21. The summed E-state index contributed by atoms with van der Waals surface area (Å²) in [7, 11) is 1.71. The summed E-state index contributed by atoms with van der Waals surface area (Å²) < 4.78 is 6.55. The third-order valence-corrected chi connectivity index (χ3v) is 3.77. The number of benzene rings is 2. The molecule has 2 aromatic rings. The second-order valence-electron chi connectivity index (χ2n) is 4.41. The summed E-state index contributed by atoms with van der Waals surface area (Å²) >= 11 is 3.54. The van der Waals surface area contributed by atoms with Gasteiger partial charge in [-0.05, 0) is 30.3 Å². The number of anilines is 3. The van der Waals surface area contributed by atoms with Crippen molar-refractivity contribution in [1.29, 1.82) is 0 Å². The van der Waals surface area contributed by atoms with E-state index in [0.29, 0.717) is 0 Å². The molecule has 98 valence electrons. The highest BCUT2D eigenvalue weighted by molar-refractivity contribution is 9.10. The number of nitrogens with zero attached hydrogens (tertiary/aromatic N) is 1. The standard InChI is InChI=1S/C15H15BrN2O/c1-19-15-5-3-2-4-13(15)18-9-8-17-12-7-6-11(16)10-14(12)18/h2-7,10,17H,8-9H2,1H3. The molecule has 0 atom stereocenters. The minimum Gasteiger partial charge on any atom is -0.495 e. The number of ether oxygens (including phenoxy) is 1. The number of rotatable bonds is 2. The van der Waals surface area contributed by atoms with E-state index >= 15 is 0 Å². The number of nitrogens with one attached hydrogen (secondary N) is 1. The summed E-state index contributed by atoms with van der Waals surface area (Å²) in [5, 5.41) is 3.42. The van der Waals surface area contributed by atoms with Gasteiger partial charge < -0.3 is 15.0 Å². The van der Waals surface area contributed by atoms with Crippen LogP contribution in [-0.2, 0) is 0 Å². The zero-order chi connectivity index (χ0) is 13.2. The summed E-state index contributed by atoms with van der Waals surface area (Å²) in [6.07, 6.45) is 0. The molecule has 1 aliphatic heterocycles. The molecule has 0 radical (unpaired) electrons. The van der Waals surface area contributed by atoms with Crippen LogP contribution in [0.3, 0.4) is 0 Å². The fraction of sp³-hybridized carbons (Fsp3) is 0.200. The Kier molecular flexibility index (Phi) is 3.34. The van der Waals surface area contributed by atoms with Crippen LogP contribution in [0.4, 0.5) is 17.1 Å². The lowest BCUT2D eigenvalue weighted by Crippen LogP contribution is -2.30. The van der Waals surface area contributed by atoms with Crippen LogP contribution in [0.2, 0.25) is 0 Å². The van der Waals surface area contributed by atoms with E-state index in [1.165, 1.54) is 5.69 Å². The van der Waals surface area contributed by atoms with Crippen molar-refractivity contribution in [3.8, 4) is 5.75 Å². The van der Waals surface area contributed by atoms with Crippen molar-refractivity contribution in [2.24, 2.45) is 0 Å². The highest BCUT2D eigenvalue weighted by atomic mass is 79.9. The quantitative estimate of drug-likeness (QED) is 0.905. The fourth-order valence-corrected chi connectivity index (χ4v) is 2.75. The Labute approximate surface area is 121 Å². The molecule has 1 N–H and O–H groups in total. The van der Waals surface area contributed by atoms with Gasteiger partial charge in [0.1, 0.15) is 5.75 Å². The summed E-state index contributed by atoms with van der Waals surface area (Å²) in [5.74, 6) is 0.898. The molecule has 0 aromatic heterocycles. The van der Waals surface area contributed by atoms with Gasteiger partial charge in [-0.3, -0.25) is 0 Å². The average Bonchev–Trinajstić information content (AvgIpc) is 2.46. The van der Waals surface area contributed by atoms with E-state index in [-0.39, 0.29) is 0 Å². The van der Waals surface area contributed by atoms with Gasteiger partial charge in [0.05, 0.1) is 24.2 Å². The Hall–Kier alpha value is -1.68. The molecule has 0 saturated carbocycles. The molecule has 0 aliphatic carbocycles. The van der Waals surface area contributed by atoms with E-state index in [4.69, 9.17) is 4.74 Å². The molecule has 0 amide bonds. The van der Waals surface area contributed by atoms with Crippen LogP contribution >= 0.6 is 15.9 Å². The normalized spacial score (nSPS) is 13.7. The minimum atomic E-state index is 0.898. The number of hydrogen-bond acceptors (Lipinski definition) is 3. The number of para-hydroxylation sites is 2. The van der Waals surface area contributed by atoms with Crippen LogP contribution in [0.25, 0.3) is 0 Å². The molecule has 3 nitrogen and oxygen atoms in total. The zero-order valence-corrected chi connectivity index (χ0v) is 12.3. The monoisotopic (exact) mass is 318 g/mol. The zero-order valence-electron chi connectivity index (χ0n) is 10.7. The van der Waals surface area contributed by atoms with E-state index in [2.05, 4.69) is 50.4 Å². The van der Waals surface area contributed by atoms with Gasteiger partial charge >= 0.3 is 0 Å². The molecule has 0 saturated heterocycles. The maximum atomic E-state index is 5.47. The molecule has 19 heavy (non-hydrogen) atoms. The molecular weight excluding hydrogens is 304 g/mol. The molecule has 0 unspecified atom stereocenters. The summed E-state index contributed by atoms with van der Waals surface area (Å²) in [4.78, 5) is 2.29. The highest BCUT2D eigenvalue weighted by Gasteiger charge is 2.20. The summed E-state index contributed by atoms with van der Waals surface area (Å²) in [6.45, 7) is 1.84. The number of hydrogen-bond donors (Lipinski definition) is 1. The molecular formula is C15H15BrN2O. The first kappa shape index (κ1) is 12.4. The molecule has 4 heteroatoms. The summed E-state index contributed by atoms with van der Waals surface area (Å²) in [5.41, 5.74) is 3.43. The first-order chi connectivity index (χ1) is 9.29. The second kappa shape index (κ2) is 5.13. The largest absolute Gasteiger partial charge is 0.495 e. The van der Waals surface area contributed by atoms with Crippen molar-refractivity contribution in [2.75, 3.05) is 30.4 Å². The van der Waals surface area contributed by atoms with Crippen LogP contribution in [-0.4, -0.2) is 20.2 Å². The van der Waals surface area contributed by atoms with Gasteiger partial charge in [0.15, 0.2) is 0 Å². The van der Waals surface area contributed by atoms with Gasteiger partial charge in [0, 0.05) is 17.6 Å². The van der Waals surface area contributed by atoms with Crippen LogP contribution in [0, 0.1) is 0 Å². The van der Waals surface area contributed by atoms with Crippen molar-refractivity contribution in [3.63, 3.8) is 0 Å². The Morgan fingerprint density at radius 3 is 2.84 bits per heavy atom. The molecule has 3 rings (SSSR count). The van der Waals surface area contributed by atoms with E-state index in [1.54, 1.807) is 7.11 Å². The van der Waals surface area contributed by atoms with E-state index in [9.17, 15) is 0 Å². The van der Waals surface area contributed by atoms with Crippen LogP contribution in [0.5, 0.6) is 5.75 Å². The third kappa shape index (κ3) is 2.28. The van der Waals surface area contributed by atoms with Gasteiger partial charge in [-0.15, -0.1) is 0 Å². The topological polar surface area (TPSA) is 24.5 Å². The molecule has 2 aromatic carbocycles. The van der Waals surface area contributed by atoms with E-state index in [0.717, 1.165) is 34.7 Å². The van der Waals surface area contributed by atoms with Crippen molar-refractivity contribution in [1.82, 2.24) is 0 Å². The van der Waals surface area contributed by atoms with E-state index in [1.807, 2.05) is 18.2 Å². The highest BCUT2D eigenvalue weighted by Crippen LogP contribution is 2.40. The lowest BCUT2D eigenvalue weighted by Gasteiger charge is -2.33. The molecule has 0 spiro atoms.